The number of morpholine rings is 1. The standard InChI is InChI=1S/C16H25N3O4S/c1-12-4-6-14(7-5-12)24(21,22)18-8-10-19(3)16(20)15-13(2)23-11-9-17-15/h4-7,13,15,17-18H,8-11H2,1-3H3/t13-,15+/m1/s1. The lowest BCUT2D eigenvalue weighted by Gasteiger charge is -2.32. The first-order chi connectivity index (χ1) is 11.3. The smallest absolute Gasteiger partial charge is 0.242 e. The van der Waals surface area contributed by atoms with Crippen molar-refractivity contribution in [2.75, 3.05) is 33.3 Å². The fourth-order valence-corrected chi connectivity index (χ4v) is 3.53. The molecule has 0 spiro atoms. The summed E-state index contributed by atoms with van der Waals surface area (Å²) in [5, 5.41) is 3.13. The molecule has 0 unspecified atom stereocenters. The molecule has 2 N–H and O–H groups in total. The lowest BCUT2D eigenvalue weighted by molar-refractivity contribution is -0.138. The lowest BCUT2D eigenvalue weighted by Crippen LogP contribution is -2.56. The SMILES string of the molecule is Cc1ccc(S(=O)(=O)NCCN(C)C(=O)[C@H]2NCCO[C@@H]2C)cc1. The summed E-state index contributed by atoms with van der Waals surface area (Å²) in [7, 11) is -1.90. The molecular formula is C16H25N3O4S. The molecule has 8 heteroatoms. The number of aryl methyl sites for hydroxylation is 1. The highest BCUT2D eigenvalue weighted by molar-refractivity contribution is 7.89. The van der Waals surface area contributed by atoms with Crippen LogP contribution in [0.2, 0.25) is 0 Å². The van der Waals surface area contributed by atoms with Gasteiger partial charge in [-0.05, 0) is 26.0 Å². The number of nitrogens with one attached hydrogen (secondary N) is 2. The number of sulfonamides is 1. The van der Waals surface area contributed by atoms with Crippen molar-refractivity contribution in [3.63, 3.8) is 0 Å². The van der Waals surface area contributed by atoms with Crippen LogP contribution in [0.15, 0.2) is 29.2 Å². The normalized spacial score (nSPS) is 21.5. The Morgan fingerprint density at radius 2 is 2.04 bits per heavy atom. The van der Waals surface area contributed by atoms with Crippen LogP contribution in [-0.2, 0) is 19.6 Å². The van der Waals surface area contributed by atoms with E-state index in [2.05, 4.69) is 10.0 Å². The third-order valence-corrected chi connectivity index (χ3v) is 5.51. The molecule has 0 saturated carbocycles. The maximum atomic E-state index is 12.4. The average Bonchev–Trinajstić information content (AvgIpc) is 2.55. The van der Waals surface area contributed by atoms with Crippen molar-refractivity contribution in [1.29, 1.82) is 0 Å². The number of benzene rings is 1. The van der Waals surface area contributed by atoms with Crippen LogP contribution in [-0.4, -0.2) is 64.7 Å². The average molecular weight is 355 g/mol. The van der Waals surface area contributed by atoms with E-state index in [1.54, 1.807) is 31.3 Å². The van der Waals surface area contributed by atoms with Gasteiger partial charge in [-0.3, -0.25) is 4.79 Å². The maximum Gasteiger partial charge on any atom is 0.242 e. The van der Waals surface area contributed by atoms with Crippen LogP contribution in [0.3, 0.4) is 0 Å². The van der Waals surface area contributed by atoms with Gasteiger partial charge >= 0.3 is 0 Å². The van der Waals surface area contributed by atoms with E-state index in [-0.39, 0.29) is 30.0 Å². The van der Waals surface area contributed by atoms with Gasteiger partial charge in [0.25, 0.3) is 0 Å². The highest BCUT2D eigenvalue weighted by Gasteiger charge is 2.30. The largest absolute Gasteiger partial charge is 0.375 e. The molecule has 2 rings (SSSR count). The zero-order valence-electron chi connectivity index (χ0n) is 14.3. The molecule has 1 aliphatic rings. The van der Waals surface area contributed by atoms with Gasteiger partial charge < -0.3 is 15.0 Å². The van der Waals surface area contributed by atoms with Gasteiger partial charge in [-0.2, -0.15) is 0 Å². The van der Waals surface area contributed by atoms with E-state index in [0.29, 0.717) is 13.2 Å². The van der Waals surface area contributed by atoms with Crippen molar-refractivity contribution >= 4 is 15.9 Å². The highest BCUT2D eigenvalue weighted by Crippen LogP contribution is 2.10. The second-order valence-electron chi connectivity index (χ2n) is 5.98. The van der Waals surface area contributed by atoms with Gasteiger partial charge in [-0.25, -0.2) is 13.1 Å². The molecule has 1 saturated heterocycles. The summed E-state index contributed by atoms with van der Waals surface area (Å²) in [5.41, 5.74) is 0.996. The summed E-state index contributed by atoms with van der Waals surface area (Å²) in [6.07, 6.45) is -0.196. The van der Waals surface area contributed by atoms with Crippen molar-refractivity contribution in [1.82, 2.24) is 14.9 Å². The van der Waals surface area contributed by atoms with E-state index in [1.807, 2.05) is 13.8 Å². The number of nitrogens with zero attached hydrogens (tertiary/aromatic N) is 1. The number of hydrogen-bond acceptors (Lipinski definition) is 5. The number of ether oxygens (including phenoxy) is 1. The van der Waals surface area contributed by atoms with Gasteiger partial charge in [-0.1, -0.05) is 17.7 Å². The van der Waals surface area contributed by atoms with Crippen molar-refractivity contribution in [3.05, 3.63) is 29.8 Å². The summed E-state index contributed by atoms with van der Waals surface area (Å²) in [4.78, 5) is 14.1. The minimum atomic E-state index is -3.56. The predicted molar refractivity (Wildman–Crippen MR) is 91.2 cm³/mol. The Hall–Kier alpha value is -1.48. The Labute approximate surface area is 143 Å². The first kappa shape index (κ1) is 18.9. The summed E-state index contributed by atoms with van der Waals surface area (Å²) >= 11 is 0. The Morgan fingerprint density at radius 1 is 1.38 bits per heavy atom. The third kappa shape index (κ3) is 4.76. The number of amides is 1. The third-order valence-electron chi connectivity index (χ3n) is 4.03. The van der Waals surface area contributed by atoms with Crippen molar-refractivity contribution < 1.29 is 17.9 Å². The van der Waals surface area contributed by atoms with Crippen LogP contribution in [0.25, 0.3) is 0 Å². The fourth-order valence-electron chi connectivity index (χ4n) is 2.51. The molecule has 0 bridgehead atoms. The summed E-state index contributed by atoms with van der Waals surface area (Å²) < 4.78 is 32.4. The van der Waals surface area contributed by atoms with Crippen molar-refractivity contribution in [3.8, 4) is 0 Å². The molecule has 1 amide bonds. The maximum absolute atomic E-state index is 12.4. The Balaban J connectivity index is 1.86. The van der Waals surface area contributed by atoms with E-state index in [1.165, 1.54) is 4.90 Å². The van der Waals surface area contributed by atoms with Crippen LogP contribution >= 0.6 is 0 Å². The topological polar surface area (TPSA) is 87.7 Å². The van der Waals surface area contributed by atoms with Crippen LogP contribution in [0.5, 0.6) is 0 Å². The number of likely N-dealkylation sites (N-methyl/N-ethyl adjacent to an activating group) is 1. The number of carbonyl (C=O) groups excluding carboxylic acids is 1. The molecule has 24 heavy (non-hydrogen) atoms. The summed E-state index contributed by atoms with van der Waals surface area (Å²) in [6, 6.07) is 6.24. The quantitative estimate of drug-likeness (QED) is 0.756. The molecule has 1 heterocycles. The first-order valence-corrected chi connectivity index (χ1v) is 9.46. The van der Waals surface area contributed by atoms with Crippen LogP contribution in [0.4, 0.5) is 0 Å². The van der Waals surface area contributed by atoms with Crippen molar-refractivity contribution in [2.24, 2.45) is 0 Å². The lowest BCUT2D eigenvalue weighted by atomic mass is 10.1. The van der Waals surface area contributed by atoms with Gasteiger partial charge in [0.05, 0.1) is 17.6 Å². The zero-order chi connectivity index (χ0) is 17.7. The first-order valence-electron chi connectivity index (χ1n) is 7.97. The fraction of sp³-hybridized carbons (Fsp3) is 0.562. The number of hydrogen-bond donors (Lipinski definition) is 2. The molecular weight excluding hydrogens is 330 g/mol. The Kier molecular flexibility index (Phi) is 6.34. The Bertz CT molecular complexity index is 660. The molecule has 1 aromatic rings. The molecule has 1 fully saturated rings. The second kappa shape index (κ2) is 8.06. The van der Waals surface area contributed by atoms with Crippen LogP contribution in [0, 0.1) is 6.92 Å². The van der Waals surface area contributed by atoms with Crippen LogP contribution in [0.1, 0.15) is 12.5 Å². The highest BCUT2D eigenvalue weighted by atomic mass is 32.2. The molecule has 0 aromatic heterocycles. The van der Waals surface area contributed by atoms with Gasteiger partial charge in [0.1, 0.15) is 6.04 Å². The number of carbonyl (C=O) groups is 1. The molecule has 0 aliphatic carbocycles. The van der Waals surface area contributed by atoms with Gasteiger partial charge in [-0.15, -0.1) is 0 Å². The molecule has 1 aliphatic heterocycles. The molecule has 2 atom stereocenters. The van der Waals surface area contributed by atoms with Gasteiger partial charge in [0.2, 0.25) is 15.9 Å². The van der Waals surface area contributed by atoms with Gasteiger partial charge in [0, 0.05) is 26.7 Å². The van der Waals surface area contributed by atoms with E-state index in [0.717, 1.165) is 5.56 Å². The molecule has 7 nitrogen and oxygen atoms in total. The predicted octanol–water partition coefficient (Wildman–Crippen LogP) is 0.109. The van der Waals surface area contributed by atoms with Crippen molar-refractivity contribution in [2.45, 2.75) is 30.9 Å². The van der Waals surface area contributed by atoms with E-state index in [9.17, 15) is 13.2 Å². The second-order valence-corrected chi connectivity index (χ2v) is 7.75. The Morgan fingerprint density at radius 3 is 2.67 bits per heavy atom. The van der Waals surface area contributed by atoms with Gasteiger partial charge in [0.15, 0.2) is 0 Å². The van der Waals surface area contributed by atoms with Crippen LogP contribution < -0.4 is 10.0 Å². The zero-order valence-corrected chi connectivity index (χ0v) is 15.1. The molecule has 134 valence electrons. The minimum Gasteiger partial charge on any atom is -0.375 e. The molecule has 0 radical (unpaired) electrons. The number of rotatable bonds is 6. The molecule has 1 aromatic carbocycles. The summed E-state index contributed by atoms with van der Waals surface area (Å²) in [5.74, 6) is -0.100. The van der Waals surface area contributed by atoms with E-state index < -0.39 is 16.1 Å². The minimum absolute atomic E-state index is 0.100. The van der Waals surface area contributed by atoms with E-state index >= 15 is 0 Å². The summed E-state index contributed by atoms with van der Waals surface area (Å²) in [6.45, 7) is 5.41. The monoisotopic (exact) mass is 355 g/mol. The van der Waals surface area contributed by atoms with E-state index in [4.69, 9.17) is 4.74 Å².